The van der Waals surface area contributed by atoms with Gasteiger partial charge < -0.3 is 10.6 Å². The van der Waals surface area contributed by atoms with Crippen LogP contribution in [0.2, 0.25) is 0 Å². The van der Waals surface area contributed by atoms with Gasteiger partial charge in [0.2, 0.25) is 0 Å². The van der Waals surface area contributed by atoms with E-state index in [9.17, 15) is 0 Å². The van der Waals surface area contributed by atoms with E-state index in [0.717, 1.165) is 32.0 Å². The van der Waals surface area contributed by atoms with Gasteiger partial charge in [0.1, 0.15) is 0 Å². The average Bonchev–Trinajstić information content (AvgIpc) is 3.19. The molecule has 1 aromatic heterocycles. The predicted molar refractivity (Wildman–Crippen MR) is 109 cm³/mol. The van der Waals surface area contributed by atoms with Crippen LogP contribution in [0.3, 0.4) is 0 Å². The van der Waals surface area contributed by atoms with Gasteiger partial charge in [0.05, 0.1) is 6.54 Å². The number of benzene rings is 2. The van der Waals surface area contributed by atoms with Crippen molar-refractivity contribution in [3.05, 3.63) is 89.2 Å². The van der Waals surface area contributed by atoms with Crippen molar-refractivity contribution in [3.63, 3.8) is 0 Å². The van der Waals surface area contributed by atoms with E-state index in [2.05, 4.69) is 69.3 Å². The summed E-state index contributed by atoms with van der Waals surface area (Å²) in [5.74, 6) is 1.42. The van der Waals surface area contributed by atoms with E-state index in [1.807, 2.05) is 30.2 Å². The molecule has 2 aromatic carbocycles. The lowest BCUT2D eigenvalue weighted by Gasteiger charge is -2.30. The van der Waals surface area contributed by atoms with Gasteiger partial charge in [-0.15, -0.1) is 0 Å². The fraction of sp³-hybridized carbons (Fsp3) is 0.273. The van der Waals surface area contributed by atoms with Crippen LogP contribution in [0, 0.1) is 0 Å². The van der Waals surface area contributed by atoms with Crippen LogP contribution in [-0.2, 0) is 19.5 Å². The molecule has 1 heterocycles. The fourth-order valence-electron chi connectivity index (χ4n) is 3.62. The zero-order chi connectivity index (χ0) is 18.5. The van der Waals surface area contributed by atoms with Crippen molar-refractivity contribution in [2.24, 2.45) is 4.99 Å². The largest absolute Gasteiger partial charge is 0.356 e. The number of hydrogen-bond acceptors (Lipinski definition) is 2. The second kappa shape index (κ2) is 8.08. The molecule has 138 valence electrons. The molecule has 1 aliphatic rings. The van der Waals surface area contributed by atoms with Gasteiger partial charge in [-0.3, -0.25) is 9.67 Å². The first-order chi connectivity index (χ1) is 13.3. The summed E-state index contributed by atoms with van der Waals surface area (Å²) in [6.07, 6.45) is 4.94. The maximum absolute atomic E-state index is 4.37. The Morgan fingerprint density at radius 3 is 2.67 bits per heavy atom. The Morgan fingerprint density at radius 1 is 1.07 bits per heavy atom. The molecular formula is C22H25N5. The van der Waals surface area contributed by atoms with Gasteiger partial charge in [-0.2, -0.15) is 5.10 Å². The highest BCUT2D eigenvalue weighted by Gasteiger charge is 2.25. The summed E-state index contributed by atoms with van der Waals surface area (Å²) < 4.78 is 1.94. The molecule has 0 amide bonds. The fourth-order valence-corrected chi connectivity index (χ4v) is 3.62. The smallest absolute Gasteiger partial charge is 0.191 e. The first-order valence-electron chi connectivity index (χ1n) is 9.40. The highest BCUT2D eigenvalue weighted by Crippen LogP contribution is 2.33. The number of nitrogens with one attached hydrogen (secondary N) is 2. The number of aliphatic imine (C=N–C) groups is 1. The number of rotatable bonds is 6. The predicted octanol–water partition coefficient (Wildman–Crippen LogP) is 2.94. The zero-order valence-corrected chi connectivity index (χ0v) is 15.6. The van der Waals surface area contributed by atoms with Crippen LogP contribution in [0.4, 0.5) is 0 Å². The molecule has 0 radical (unpaired) electrons. The quantitative estimate of drug-likeness (QED) is 0.526. The van der Waals surface area contributed by atoms with Crippen molar-refractivity contribution in [3.8, 4) is 0 Å². The minimum Gasteiger partial charge on any atom is -0.356 e. The summed E-state index contributed by atoms with van der Waals surface area (Å²) in [5.41, 5.74) is 5.45. The molecule has 5 heteroatoms. The molecule has 2 N–H and O–H groups in total. The van der Waals surface area contributed by atoms with Gasteiger partial charge in [-0.25, -0.2) is 0 Å². The third-order valence-electron chi connectivity index (χ3n) is 5.16. The van der Waals surface area contributed by atoms with Crippen LogP contribution in [0.5, 0.6) is 0 Å². The van der Waals surface area contributed by atoms with Crippen LogP contribution < -0.4 is 10.6 Å². The van der Waals surface area contributed by atoms with E-state index < -0.39 is 0 Å². The lowest BCUT2D eigenvalue weighted by Crippen LogP contribution is -2.41. The normalized spacial score (nSPS) is 15.7. The van der Waals surface area contributed by atoms with E-state index in [-0.39, 0.29) is 0 Å². The number of fused-ring (bicyclic) bond motifs is 1. The minimum atomic E-state index is 0.576. The molecule has 1 atom stereocenters. The van der Waals surface area contributed by atoms with Crippen LogP contribution >= 0.6 is 0 Å². The van der Waals surface area contributed by atoms with Crippen molar-refractivity contribution in [2.45, 2.75) is 25.4 Å². The summed E-state index contributed by atoms with van der Waals surface area (Å²) in [4.78, 5) is 4.37. The van der Waals surface area contributed by atoms with Gasteiger partial charge in [0.15, 0.2) is 5.96 Å². The Morgan fingerprint density at radius 2 is 1.89 bits per heavy atom. The maximum Gasteiger partial charge on any atom is 0.191 e. The molecule has 0 saturated heterocycles. The van der Waals surface area contributed by atoms with Crippen LogP contribution in [0.15, 0.2) is 72.0 Å². The SMILES string of the molecule is CN=C(NCc1ccccc1Cn1cccn1)NCC1Cc2ccccc21. The molecule has 0 spiro atoms. The van der Waals surface area contributed by atoms with E-state index in [4.69, 9.17) is 0 Å². The molecule has 1 unspecified atom stereocenters. The molecule has 5 nitrogen and oxygen atoms in total. The Balaban J connectivity index is 1.32. The zero-order valence-electron chi connectivity index (χ0n) is 15.6. The Bertz CT molecular complexity index is 914. The molecule has 27 heavy (non-hydrogen) atoms. The van der Waals surface area contributed by atoms with Gasteiger partial charge in [0.25, 0.3) is 0 Å². The van der Waals surface area contributed by atoms with Crippen LogP contribution in [0.25, 0.3) is 0 Å². The third-order valence-corrected chi connectivity index (χ3v) is 5.16. The molecule has 1 aliphatic carbocycles. The van der Waals surface area contributed by atoms with E-state index >= 15 is 0 Å². The number of hydrogen-bond donors (Lipinski definition) is 2. The third kappa shape index (κ3) is 4.03. The van der Waals surface area contributed by atoms with Crippen molar-refractivity contribution in [2.75, 3.05) is 13.6 Å². The van der Waals surface area contributed by atoms with Gasteiger partial charge in [-0.1, -0.05) is 48.5 Å². The molecule has 4 rings (SSSR count). The Hall–Kier alpha value is -3.08. The standard InChI is InChI=1S/C22H25N5/c1-23-22(25-15-20-13-17-7-4-5-10-21(17)20)24-14-18-8-2-3-9-19(18)16-27-12-6-11-26-27/h2-12,20H,13-16H2,1H3,(H2,23,24,25). The number of nitrogens with zero attached hydrogens (tertiary/aromatic N) is 3. The lowest BCUT2D eigenvalue weighted by molar-refractivity contribution is 0.583. The average molecular weight is 359 g/mol. The minimum absolute atomic E-state index is 0.576. The molecule has 0 bridgehead atoms. The highest BCUT2D eigenvalue weighted by atomic mass is 15.3. The summed E-state index contributed by atoms with van der Waals surface area (Å²) in [7, 11) is 1.82. The van der Waals surface area contributed by atoms with Crippen molar-refractivity contribution in [1.29, 1.82) is 0 Å². The van der Waals surface area contributed by atoms with E-state index in [1.165, 1.54) is 22.3 Å². The summed E-state index contributed by atoms with van der Waals surface area (Å²) >= 11 is 0. The second-order valence-corrected chi connectivity index (χ2v) is 6.88. The Labute approximate surface area is 160 Å². The number of aromatic nitrogens is 2. The van der Waals surface area contributed by atoms with Crippen LogP contribution in [-0.4, -0.2) is 29.3 Å². The van der Waals surface area contributed by atoms with E-state index in [0.29, 0.717) is 5.92 Å². The first kappa shape index (κ1) is 17.3. The molecule has 0 aliphatic heterocycles. The van der Waals surface area contributed by atoms with Crippen molar-refractivity contribution in [1.82, 2.24) is 20.4 Å². The molecule has 3 aromatic rings. The molecular weight excluding hydrogens is 334 g/mol. The highest BCUT2D eigenvalue weighted by molar-refractivity contribution is 5.79. The first-order valence-corrected chi connectivity index (χ1v) is 9.40. The second-order valence-electron chi connectivity index (χ2n) is 6.88. The molecule has 0 saturated carbocycles. The maximum atomic E-state index is 4.37. The summed E-state index contributed by atoms with van der Waals surface area (Å²) in [6.45, 7) is 2.42. The van der Waals surface area contributed by atoms with Gasteiger partial charge >= 0.3 is 0 Å². The van der Waals surface area contributed by atoms with Crippen molar-refractivity contribution < 1.29 is 0 Å². The summed E-state index contributed by atoms with van der Waals surface area (Å²) in [6, 6.07) is 19.1. The Kier molecular flexibility index (Phi) is 5.19. The monoisotopic (exact) mass is 359 g/mol. The topological polar surface area (TPSA) is 54.2 Å². The van der Waals surface area contributed by atoms with Gasteiger partial charge in [0, 0.05) is 38.4 Å². The number of guanidine groups is 1. The van der Waals surface area contributed by atoms with Crippen LogP contribution in [0.1, 0.15) is 28.2 Å². The summed E-state index contributed by atoms with van der Waals surface area (Å²) in [5, 5.41) is 11.2. The lowest BCUT2D eigenvalue weighted by atomic mass is 9.78. The molecule has 0 fully saturated rings. The van der Waals surface area contributed by atoms with Gasteiger partial charge in [-0.05, 0) is 34.7 Å². The van der Waals surface area contributed by atoms with E-state index in [1.54, 1.807) is 0 Å². The van der Waals surface area contributed by atoms with Crippen molar-refractivity contribution >= 4 is 5.96 Å².